The van der Waals surface area contributed by atoms with Crippen molar-refractivity contribution in [3.05, 3.63) is 95.7 Å². The number of anilines is 2. The largest absolute Gasteiger partial charge is 0.858 e. The number of nitrogens with zero attached hydrogens (tertiary/aromatic N) is 5. The van der Waals surface area contributed by atoms with Crippen LogP contribution in [0.15, 0.2) is 88.4 Å². The quantitative estimate of drug-likeness (QED) is 0.0792. The Morgan fingerprint density at radius 2 is 1.72 bits per heavy atom. The fraction of sp³-hybridized carbons (Fsp3) is 0.242. The van der Waals surface area contributed by atoms with Crippen LogP contribution in [0, 0.1) is 0 Å². The molecule has 1 atom stereocenters. The third-order valence-corrected chi connectivity index (χ3v) is 7.63. The fourth-order valence-electron chi connectivity index (χ4n) is 4.90. The molecule has 14 heteroatoms. The van der Waals surface area contributed by atoms with Gasteiger partial charge in [0.25, 0.3) is 11.6 Å². The average molecular weight is 657 g/mol. The molecule has 2 amide bonds. The Bertz CT molecular complexity index is 1790. The first kappa shape index (κ1) is 32.8. The van der Waals surface area contributed by atoms with E-state index in [9.17, 15) is 19.5 Å². The molecular weight excluding hydrogens is 624 g/mol. The molecule has 1 aromatic heterocycles. The highest BCUT2D eigenvalue weighted by Gasteiger charge is 2.46. The van der Waals surface area contributed by atoms with Gasteiger partial charge in [0.05, 0.1) is 30.9 Å². The lowest BCUT2D eigenvalue weighted by atomic mass is 10.1. The van der Waals surface area contributed by atoms with E-state index in [2.05, 4.69) is 15.6 Å². The average Bonchev–Trinajstić information content (AvgIpc) is 3.52. The summed E-state index contributed by atoms with van der Waals surface area (Å²) in [5, 5.41) is 19.7. The lowest BCUT2D eigenvalue weighted by molar-refractivity contribution is -0.746. The first-order chi connectivity index (χ1) is 22.7. The van der Waals surface area contributed by atoms with Crippen molar-refractivity contribution in [1.82, 2.24) is 10.2 Å². The molecule has 1 aliphatic heterocycles. The predicted molar refractivity (Wildman–Crippen MR) is 173 cm³/mol. The van der Waals surface area contributed by atoms with Crippen LogP contribution in [0.25, 0.3) is 0 Å². The highest BCUT2D eigenvalue weighted by molar-refractivity contribution is 7.80. The van der Waals surface area contributed by atoms with E-state index in [1.165, 1.54) is 21.7 Å². The molecule has 1 fully saturated rings. The topological polar surface area (TPSA) is 154 Å². The zero-order chi connectivity index (χ0) is 33.5. The van der Waals surface area contributed by atoms with Crippen molar-refractivity contribution in [3.63, 3.8) is 0 Å². The zero-order valence-corrected chi connectivity index (χ0v) is 26.7. The number of benzene rings is 3. The number of aryl methyl sites for hydroxylation is 1. The van der Waals surface area contributed by atoms with Gasteiger partial charge in [0, 0.05) is 5.69 Å². The lowest BCUT2D eigenvalue weighted by Crippen LogP contribution is -2.42. The van der Waals surface area contributed by atoms with Crippen LogP contribution in [-0.4, -0.2) is 58.2 Å². The Hall–Kier alpha value is -5.63. The number of thiocarbonyl (C=S) groups is 1. The molecule has 1 saturated heterocycles. The van der Waals surface area contributed by atoms with E-state index >= 15 is 0 Å². The van der Waals surface area contributed by atoms with Crippen molar-refractivity contribution >= 4 is 58.3 Å². The smallest absolute Gasteiger partial charge is 0.338 e. The van der Waals surface area contributed by atoms with Crippen LogP contribution in [0.5, 0.6) is 5.75 Å². The Balaban J connectivity index is 1.42. The molecule has 0 bridgehead atoms. The summed E-state index contributed by atoms with van der Waals surface area (Å²) in [5.74, 6) is -1.33. The molecular formula is C33H32N6O7S. The van der Waals surface area contributed by atoms with Gasteiger partial charge in [-0.25, -0.2) is 9.79 Å². The van der Waals surface area contributed by atoms with Gasteiger partial charge in [-0.3, -0.25) is 19.0 Å². The number of carbonyl (C=O) groups is 3. The van der Waals surface area contributed by atoms with Crippen LogP contribution in [0.2, 0.25) is 0 Å². The number of hydrogen-bond acceptors (Lipinski definition) is 10. The molecule has 2 heterocycles. The molecule has 0 saturated carbocycles. The van der Waals surface area contributed by atoms with E-state index in [-0.39, 0.29) is 30.6 Å². The second-order valence-corrected chi connectivity index (χ2v) is 10.7. The van der Waals surface area contributed by atoms with Crippen LogP contribution in [0.3, 0.4) is 0 Å². The predicted octanol–water partition coefficient (Wildman–Crippen LogP) is 3.04. The molecule has 0 radical (unpaired) electrons. The van der Waals surface area contributed by atoms with Crippen molar-refractivity contribution < 1.29 is 38.2 Å². The minimum atomic E-state index is -1.03. The van der Waals surface area contributed by atoms with E-state index in [1.807, 2.05) is 6.92 Å². The first-order valence-corrected chi connectivity index (χ1v) is 15.2. The summed E-state index contributed by atoms with van der Waals surface area (Å²) in [6.45, 7) is 4.25. The van der Waals surface area contributed by atoms with Gasteiger partial charge in [0.2, 0.25) is 11.2 Å². The third-order valence-electron chi connectivity index (χ3n) is 7.21. The van der Waals surface area contributed by atoms with E-state index in [0.29, 0.717) is 40.6 Å². The summed E-state index contributed by atoms with van der Waals surface area (Å²) in [5.41, 5.74) is 1.97. The summed E-state index contributed by atoms with van der Waals surface area (Å²) in [7, 11) is 1.61. The maximum Gasteiger partial charge on any atom is 0.338 e. The maximum atomic E-state index is 14.0. The second-order valence-electron chi connectivity index (χ2n) is 10.3. The van der Waals surface area contributed by atoms with E-state index < -0.39 is 29.7 Å². The number of amides is 2. The Morgan fingerprint density at radius 1 is 1.02 bits per heavy atom. The summed E-state index contributed by atoms with van der Waals surface area (Å²) in [6.07, 6.45) is -0.267. The number of carbonyl (C=O) groups excluding carboxylic acids is 3. The van der Waals surface area contributed by atoms with Gasteiger partial charge in [-0.15, -0.1) is 0 Å². The van der Waals surface area contributed by atoms with Gasteiger partial charge < -0.3 is 24.8 Å². The van der Waals surface area contributed by atoms with Gasteiger partial charge in [-0.05, 0) is 90.7 Å². The number of nitrogens with one attached hydrogen (secondary N) is 1. The highest BCUT2D eigenvalue weighted by Crippen LogP contribution is 2.31. The summed E-state index contributed by atoms with van der Waals surface area (Å²) < 4.78 is 17.3. The number of esters is 1. The summed E-state index contributed by atoms with van der Waals surface area (Å²) >= 11 is 5.82. The minimum absolute atomic E-state index is 0.0504. The van der Waals surface area contributed by atoms with Crippen molar-refractivity contribution in [2.45, 2.75) is 32.9 Å². The van der Waals surface area contributed by atoms with Crippen molar-refractivity contribution in [3.8, 4) is 5.75 Å². The van der Waals surface area contributed by atoms with Crippen molar-refractivity contribution in [1.29, 1.82) is 0 Å². The molecule has 4 aromatic rings. The van der Waals surface area contributed by atoms with E-state index in [0.717, 1.165) is 0 Å². The molecule has 1 N–H and O–H groups in total. The Kier molecular flexibility index (Phi) is 10.2. The van der Waals surface area contributed by atoms with Gasteiger partial charge in [0.15, 0.2) is 12.2 Å². The molecule has 13 nitrogen and oxygen atoms in total. The van der Waals surface area contributed by atoms with Crippen molar-refractivity contribution in [2.75, 3.05) is 23.4 Å². The fourth-order valence-corrected chi connectivity index (χ4v) is 5.28. The van der Waals surface area contributed by atoms with Crippen LogP contribution >= 0.6 is 12.2 Å². The van der Waals surface area contributed by atoms with E-state index in [1.54, 1.807) is 85.6 Å². The monoisotopic (exact) mass is 656 g/mol. The van der Waals surface area contributed by atoms with E-state index in [4.69, 9.17) is 26.2 Å². The number of aliphatic imine (C=N–C) groups is 1. The summed E-state index contributed by atoms with van der Waals surface area (Å²) in [6, 6.07) is 20.6. The Labute approximate surface area is 276 Å². The SMILES string of the molecule is CCOC(=O)c1ccc(NC(=O)CC2C(=O)N(c3ccc(OCC)cc3)C(=S)N2Cc2c(/N=C(\[O-])c3ccccc3)on[n+]2C)cc1. The van der Waals surface area contributed by atoms with Gasteiger partial charge in [0.1, 0.15) is 18.3 Å². The molecule has 0 spiro atoms. The normalized spacial score (nSPS) is 14.8. The number of aromatic nitrogens is 2. The van der Waals surface area contributed by atoms with Crippen LogP contribution < -0.4 is 24.7 Å². The van der Waals surface area contributed by atoms with Gasteiger partial charge >= 0.3 is 11.9 Å². The van der Waals surface area contributed by atoms with Crippen molar-refractivity contribution in [2.24, 2.45) is 12.0 Å². The maximum absolute atomic E-state index is 14.0. The number of hydrogen-bond donors (Lipinski definition) is 1. The van der Waals surface area contributed by atoms with Gasteiger partial charge in [-0.1, -0.05) is 30.3 Å². The number of rotatable bonds is 12. The third kappa shape index (κ3) is 7.44. The Morgan fingerprint density at radius 3 is 2.38 bits per heavy atom. The first-order valence-electron chi connectivity index (χ1n) is 14.8. The zero-order valence-electron chi connectivity index (χ0n) is 25.9. The lowest BCUT2D eigenvalue weighted by Gasteiger charge is -2.22. The van der Waals surface area contributed by atoms with Gasteiger partial charge in [-0.2, -0.15) is 0 Å². The molecule has 3 aromatic carbocycles. The standard InChI is InChI=1S/C33H32N6O7S/c1-4-44-25-17-15-24(16-18-25)39-31(42)26(19-28(40)34-23-13-11-22(12-14-23)32(43)45-5-2)38(33(39)47)20-27-30(46-36-37(27)3)35-29(41)21-9-7-6-8-10-21/h6-18,26H,4-5,19-20H2,1-3H3,(H-,34,35,36,40,41,43). The molecule has 0 aliphatic carbocycles. The van der Waals surface area contributed by atoms with Crippen LogP contribution in [0.1, 0.15) is 41.9 Å². The number of ether oxygens (including phenoxy) is 2. The van der Waals surface area contributed by atoms with Crippen LogP contribution in [0.4, 0.5) is 17.3 Å². The second kappa shape index (κ2) is 14.6. The molecule has 1 unspecified atom stereocenters. The molecule has 242 valence electrons. The van der Waals surface area contributed by atoms with Crippen LogP contribution in [-0.2, 0) is 27.9 Å². The molecule has 5 rings (SSSR count). The highest BCUT2D eigenvalue weighted by atomic mass is 32.1. The molecule has 47 heavy (non-hydrogen) atoms. The minimum Gasteiger partial charge on any atom is -0.858 e. The molecule has 1 aliphatic rings. The summed E-state index contributed by atoms with van der Waals surface area (Å²) in [4.78, 5) is 46.4.